The molecule has 6 rings (SSSR count). The molecule has 230 valence electrons. The number of ether oxygens (including phenoxy) is 2. The van der Waals surface area contributed by atoms with E-state index < -0.39 is 24.5 Å². The van der Waals surface area contributed by atoms with Crippen molar-refractivity contribution < 1.29 is 19.7 Å². The molecule has 3 aromatic carbocycles. The van der Waals surface area contributed by atoms with Crippen molar-refractivity contribution in [2.45, 2.75) is 43.5 Å². The molecule has 1 fully saturated rings. The molecule has 11 heteroatoms. The van der Waals surface area contributed by atoms with Crippen LogP contribution in [0.15, 0.2) is 91.3 Å². The molecule has 1 aliphatic rings. The lowest BCUT2D eigenvalue weighted by Gasteiger charge is -2.20. The molecule has 1 saturated heterocycles. The number of aromatic nitrogens is 4. The first kappa shape index (κ1) is 30.3. The fraction of sp³-hybridized carbons (Fsp3) is 0.294. The second-order valence-electron chi connectivity index (χ2n) is 11.0. The summed E-state index contributed by atoms with van der Waals surface area (Å²) in [7, 11) is 1.52. The topological polar surface area (TPSA) is 150 Å². The van der Waals surface area contributed by atoms with Crippen molar-refractivity contribution in [1.29, 1.82) is 5.26 Å². The van der Waals surface area contributed by atoms with E-state index in [1.54, 1.807) is 23.0 Å². The van der Waals surface area contributed by atoms with Crippen LogP contribution in [-0.2, 0) is 22.6 Å². The zero-order valence-corrected chi connectivity index (χ0v) is 24.8. The zero-order valence-electron chi connectivity index (χ0n) is 24.8. The summed E-state index contributed by atoms with van der Waals surface area (Å²) in [6, 6.07) is 30.1. The summed E-state index contributed by atoms with van der Waals surface area (Å²) >= 11 is 0. The maximum absolute atomic E-state index is 10.9. The monoisotopic (exact) mass is 605 g/mol. The van der Waals surface area contributed by atoms with E-state index in [4.69, 9.17) is 24.7 Å². The van der Waals surface area contributed by atoms with E-state index in [0.717, 1.165) is 16.7 Å². The summed E-state index contributed by atoms with van der Waals surface area (Å²) < 4.78 is 12.8. The van der Waals surface area contributed by atoms with Crippen LogP contribution >= 0.6 is 0 Å². The molecule has 3 unspecified atom stereocenters. The van der Waals surface area contributed by atoms with E-state index in [-0.39, 0.29) is 12.5 Å². The quantitative estimate of drug-likeness (QED) is 0.166. The number of anilines is 1. The predicted molar refractivity (Wildman–Crippen MR) is 168 cm³/mol. The zero-order chi connectivity index (χ0) is 31.2. The van der Waals surface area contributed by atoms with Gasteiger partial charge in [-0.15, -0.1) is 0 Å². The van der Waals surface area contributed by atoms with Gasteiger partial charge in [0.25, 0.3) is 0 Å². The molecule has 3 heterocycles. The minimum atomic E-state index is -1.20. The number of benzene rings is 3. The van der Waals surface area contributed by atoms with Gasteiger partial charge in [-0.2, -0.15) is 5.26 Å². The van der Waals surface area contributed by atoms with Crippen LogP contribution in [0.25, 0.3) is 11.2 Å². The number of rotatable bonds is 12. The smallest absolute Gasteiger partial charge is 0.168 e. The number of methoxy groups -OCH3 is 1. The first-order chi connectivity index (χ1) is 22.1. The van der Waals surface area contributed by atoms with Crippen molar-refractivity contribution in [3.05, 3.63) is 119 Å². The van der Waals surface area contributed by atoms with Gasteiger partial charge in [0.05, 0.1) is 31.1 Å². The first-order valence-electron chi connectivity index (χ1n) is 14.8. The molecule has 0 spiro atoms. The number of nitriles is 1. The van der Waals surface area contributed by atoms with Crippen LogP contribution in [0.1, 0.15) is 40.2 Å². The number of aliphatic hydroxyl groups is 2. The second kappa shape index (κ2) is 13.9. The van der Waals surface area contributed by atoms with Gasteiger partial charge in [-0.3, -0.25) is 4.57 Å². The second-order valence-corrected chi connectivity index (χ2v) is 11.0. The Bertz CT molecular complexity index is 1700. The molecular formula is C34H35N7O4. The van der Waals surface area contributed by atoms with Gasteiger partial charge in [-0.05, 0) is 28.8 Å². The van der Waals surface area contributed by atoms with Gasteiger partial charge < -0.3 is 30.3 Å². The Labute approximate surface area is 261 Å². The molecule has 45 heavy (non-hydrogen) atoms. The third-order valence-electron chi connectivity index (χ3n) is 7.98. The Morgan fingerprint density at radius 1 is 0.933 bits per heavy atom. The van der Waals surface area contributed by atoms with Crippen LogP contribution in [0.4, 0.5) is 5.82 Å². The third-order valence-corrected chi connectivity index (χ3v) is 7.98. The van der Waals surface area contributed by atoms with E-state index in [2.05, 4.69) is 46.0 Å². The molecular weight excluding hydrogens is 570 g/mol. The highest BCUT2D eigenvalue weighted by molar-refractivity contribution is 5.83. The standard InChI is InChI=1S/C34H35N7O4/c1-44-20-27-30(42)31(43)34(45-27)41-21-38-29-32(37-18-26(24-8-4-2-5-9-24)25-10-6-3-7-11-25)39-28(40-33(29)41)19-36-17-23-14-12-22(16-35)13-15-23/h2-15,21,26-27,30-31,34,36,42-43H,17-20H2,1H3,(H,37,39,40)/t27-,30?,31?,34?/m1/s1. The van der Waals surface area contributed by atoms with Crippen LogP contribution < -0.4 is 10.6 Å². The largest absolute Gasteiger partial charge is 0.387 e. The molecule has 0 aliphatic carbocycles. The van der Waals surface area contributed by atoms with Gasteiger partial charge in [0.1, 0.15) is 24.1 Å². The van der Waals surface area contributed by atoms with E-state index in [1.165, 1.54) is 7.11 Å². The Morgan fingerprint density at radius 3 is 2.27 bits per heavy atom. The number of aliphatic hydroxyl groups excluding tert-OH is 2. The number of nitrogens with zero attached hydrogens (tertiary/aromatic N) is 5. The summed E-state index contributed by atoms with van der Waals surface area (Å²) in [6.45, 7) is 1.57. The van der Waals surface area contributed by atoms with Gasteiger partial charge in [0, 0.05) is 26.1 Å². The minimum Gasteiger partial charge on any atom is -0.387 e. The summed E-state index contributed by atoms with van der Waals surface area (Å²) in [5, 5.41) is 37.5. The van der Waals surface area contributed by atoms with Crippen molar-refractivity contribution >= 4 is 17.0 Å². The molecule has 0 bridgehead atoms. The van der Waals surface area contributed by atoms with Crippen molar-refractivity contribution in [2.24, 2.45) is 0 Å². The van der Waals surface area contributed by atoms with Crippen molar-refractivity contribution in [2.75, 3.05) is 25.6 Å². The van der Waals surface area contributed by atoms with Crippen LogP contribution in [0, 0.1) is 11.3 Å². The molecule has 5 aromatic rings. The highest BCUT2D eigenvalue weighted by Crippen LogP contribution is 2.33. The van der Waals surface area contributed by atoms with E-state index >= 15 is 0 Å². The van der Waals surface area contributed by atoms with E-state index in [0.29, 0.717) is 48.0 Å². The number of hydrogen-bond acceptors (Lipinski definition) is 10. The Kier molecular flexibility index (Phi) is 9.40. The summed E-state index contributed by atoms with van der Waals surface area (Å²) in [5.74, 6) is 1.10. The van der Waals surface area contributed by atoms with Crippen LogP contribution in [-0.4, -0.2) is 68.3 Å². The van der Waals surface area contributed by atoms with E-state index in [1.807, 2.05) is 48.5 Å². The molecule has 0 radical (unpaired) electrons. The normalized spacial score (nSPS) is 19.6. The fourth-order valence-electron chi connectivity index (χ4n) is 5.62. The molecule has 11 nitrogen and oxygen atoms in total. The maximum atomic E-state index is 10.9. The molecule has 4 atom stereocenters. The van der Waals surface area contributed by atoms with Crippen molar-refractivity contribution in [1.82, 2.24) is 24.8 Å². The lowest BCUT2D eigenvalue weighted by molar-refractivity contribution is -0.0580. The van der Waals surface area contributed by atoms with Crippen molar-refractivity contribution in [3.63, 3.8) is 0 Å². The third kappa shape index (κ3) is 6.71. The average Bonchev–Trinajstić information content (AvgIpc) is 3.62. The Hall–Kier alpha value is -4.70. The Morgan fingerprint density at radius 2 is 1.62 bits per heavy atom. The van der Waals surface area contributed by atoms with Gasteiger partial charge >= 0.3 is 0 Å². The van der Waals surface area contributed by atoms with Gasteiger partial charge in [0.2, 0.25) is 0 Å². The Balaban J connectivity index is 1.31. The highest BCUT2D eigenvalue weighted by atomic mass is 16.6. The molecule has 1 aliphatic heterocycles. The summed E-state index contributed by atoms with van der Waals surface area (Å²) in [5.41, 5.74) is 4.94. The lowest BCUT2D eigenvalue weighted by atomic mass is 9.91. The highest BCUT2D eigenvalue weighted by Gasteiger charge is 2.44. The molecule has 2 aromatic heterocycles. The molecule has 0 amide bonds. The average molecular weight is 606 g/mol. The SMILES string of the molecule is COC[C@H]1OC(n2cnc3c(NCC(c4ccccc4)c4ccccc4)nc(CNCc4ccc(C#N)cc4)nc32)C(O)C1O. The maximum Gasteiger partial charge on any atom is 0.168 e. The number of hydrogen-bond donors (Lipinski definition) is 4. The first-order valence-corrected chi connectivity index (χ1v) is 14.8. The van der Waals surface area contributed by atoms with Crippen LogP contribution in [0.2, 0.25) is 0 Å². The number of imidazole rings is 1. The minimum absolute atomic E-state index is 0.0439. The van der Waals surface area contributed by atoms with Gasteiger partial charge in [-0.25, -0.2) is 15.0 Å². The van der Waals surface area contributed by atoms with Crippen molar-refractivity contribution in [3.8, 4) is 6.07 Å². The predicted octanol–water partition coefficient (Wildman–Crippen LogP) is 3.50. The van der Waals surface area contributed by atoms with Crippen LogP contribution in [0.3, 0.4) is 0 Å². The van der Waals surface area contributed by atoms with E-state index in [9.17, 15) is 10.2 Å². The fourth-order valence-corrected chi connectivity index (χ4v) is 5.62. The van der Waals surface area contributed by atoms with Crippen LogP contribution in [0.5, 0.6) is 0 Å². The summed E-state index contributed by atoms with van der Waals surface area (Å²) in [6.07, 6.45) is -2.38. The molecule has 4 N–H and O–H groups in total. The molecule has 0 saturated carbocycles. The lowest BCUT2D eigenvalue weighted by Crippen LogP contribution is -2.33. The number of fused-ring (bicyclic) bond motifs is 1. The van der Waals surface area contributed by atoms with Gasteiger partial charge in [0.15, 0.2) is 23.2 Å². The summed E-state index contributed by atoms with van der Waals surface area (Å²) in [4.78, 5) is 14.3. The number of nitrogens with one attached hydrogen (secondary N) is 2. The van der Waals surface area contributed by atoms with Gasteiger partial charge in [-0.1, -0.05) is 72.8 Å².